The normalized spacial score (nSPS) is 15.9. The van der Waals surface area contributed by atoms with Crippen LogP contribution in [0.15, 0.2) is 6.07 Å². The summed E-state index contributed by atoms with van der Waals surface area (Å²) in [6.07, 6.45) is 0. The summed E-state index contributed by atoms with van der Waals surface area (Å²) in [6.45, 7) is 2.17. The van der Waals surface area contributed by atoms with E-state index in [0.717, 1.165) is 0 Å². The standard InChI is InChI=1S/C10H14N4O3/c1-13-8(6-7(12-13)9(11)15)10(16)14-2-4-17-5-3-14/h6H,2-5H2,1H3,(H2,11,15). The van der Waals surface area contributed by atoms with Gasteiger partial charge in [0.25, 0.3) is 11.8 Å². The highest BCUT2D eigenvalue weighted by Gasteiger charge is 2.22. The van der Waals surface area contributed by atoms with Crippen LogP contribution in [0.5, 0.6) is 0 Å². The van der Waals surface area contributed by atoms with Crippen LogP contribution in [0, 0.1) is 0 Å². The van der Waals surface area contributed by atoms with Crippen LogP contribution in [-0.2, 0) is 11.8 Å². The molecule has 7 nitrogen and oxygen atoms in total. The van der Waals surface area contributed by atoms with E-state index in [1.807, 2.05) is 0 Å². The van der Waals surface area contributed by atoms with Crippen LogP contribution in [0.1, 0.15) is 21.0 Å². The van der Waals surface area contributed by atoms with Crippen molar-refractivity contribution >= 4 is 11.8 Å². The summed E-state index contributed by atoms with van der Waals surface area (Å²) in [5.74, 6) is -0.794. The first-order valence-corrected chi connectivity index (χ1v) is 5.30. The highest BCUT2D eigenvalue weighted by atomic mass is 16.5. The van der Waals surface area contributed by atoms with Crippen LogP contribution < -0.4 is 5.73 Å². The van der Waals surface area contributed by atoms with Gasteiger partial charge in [0.1, 0.15) is 5.69 Å². The molecule has 0 bridgehead atoms. The fourth-order valence-electron chi connectivity index (χ4n) is 1.72. The van der Waals surface area contributed by atoms with E-state index in [1.54, 1.807) is 11.9 Å². The zero-order chi connectivity index (χ0) is 12.4. The van der Waals surface area contributed by atoms with Crippen molar-refractivity contribution in [3.63, 3.8) is 0 Å². The molecule has 7 heteroatoms. The second kappa shape index (κ2) is 4.54. The number of hydrogen-bond donors (Lipinski definition) is 1. The van der Waals surface area contributed by atoms with E-state index < -0.39 is 5.91 Å². The van der Waals surface area contributed by atoms with Gasteiger partial charge in [-0.25, -0.2) is 0 Å². The second-order valence-electron chi connectivity index (χ2n) is 3.81. The first-order chi connectivity index (χ1) is 8.09. The Bertz CT molecular complexity index is 448. The molecule has 0 radical (unpaired) electrons. The number of aromatic nitrogens is 2. The molecule has 2 rings (SSSR count). The molecule has 1 aliphatic heterocycles. The molecule has 1 aromatic heterocycles. The summed E-state index contributed by atoms with van der Waals surface area (Å²) in [5, 5.41) is 3.89. The van der Waals surface area contributed by atoms with E-state index in [2.05, 4.69) is 5.10 Å². The molecular formula is C10H14N4O3. The van der Waals surface area contributed by atoms with Crippen LogP contribution in [0.3, 0.4) is 0 Å². The van der Waals surface area contributed by atoms with E-state index in [4.69, 9.17) is 10.5 Å². The van der Waals surface area contributed by atoms with E-state index in [0.29, 0.717) is 32.0 Å². The van der Waals surface area contributed by atoms with Gasteiger partial charge in [-0.1, -0.05) is 0 Å². The summed E-state index contributed by atoms with van der Waals surface area (Å²) in [6, 6.07) is 1.42. The van der Waals surface area contributed by atoms with Crippen molar-refractivity contribution in [1.29, 1.82) is 0 Å². The van der Waals surface area contributed by atoms with E-state index in [-0.39, 0.29) is 11.6 Å². The first kappa shape index (κ1) is 11.6. The lowest BCUT2D eigenvalue weighted by atomic mass is 10.3. The smallest absolute Gasteiger partial charge is 0.272 e. The largest absolute Gasteiger partial charge is 0.378 e. The number of morpholine rings is 1. The van der Waals surface area contributed by atoms with Crippen molar-refractivity contribution < 1.29 is 14.3 Å². The molecule has 1 aromatic rings. The van der Waals surface area contributed by atoms with Crippen LogP contribution in [0.4, 0.5) is 0 Å². The molecule has 1 saturated heterocycles. The number of amides is 2. The van der Waals surface area contributed by atoms with Crippen molar-refractivity contribution in [2.45, 2.75) is 0 Å². The highest BCUT2D eigenvalue weighted by molar-refractivity contribution is 5.97. The number of nitrogens with two attached hydrogens (primary N) is 1. The Labute approximate surface area is 98.1 Å². The molecule has 2 heterocycles. The summed E-state index contributed by atoms with van der Waals surface area (Å²) < 4.78 is 6.54. The maximum atomic E-state index is 12.1. The number of ether oxygens (including phenoxy) is 1. The maximum absolute atomic E-state index is 12.1. The number of nitrogens with zero attached hydrogens (tertiary/aromatic N) is 3. The van der Waals surface area contributed by atoms with E-state index in [1.165, 1.54) is 10.7 Å². The zero-order valence-electron chi connectivity index (χ0n) is 9.55. The molecule has 1 fully saturated rings. The fraction of sp³-hybridized carbons (Fsp3) is 0.500. The van der Waals surface area contributed by atoms with Crippen molar-refractivity contribution in [2.75, 3.05) is 26.3 Å². The summed E-state index contributed by atoms with van der Waals surface area (Å²) in [4.78, 5) is 24.8. The molecule has 92 valence electrons. The minimum absolute atomic E-state index is 0.101. The molecular weight excluding hydrogens is 224 g/mol. The quantitative estimate of drug-likeness (QED) is 0.714. The van der Waals surface area contributed by atoms with Gasteiger partial charge in [0.2, 0.25) is 0 Å². The van der Waals surface area contributed by atoms with Crippen LogP contribution in [0.25, 0.3) is 0 Å². The molecule has 0 aliphatic carbocycles. The average molecular weight is 238 g/mol. The lowest BCUT2D eigenvalue weighted by molar-refractivity contribution is 0.0295. The van der Waals surface area contributed by atoms with Gasteiger partial charge in [-0.3, -0.25) is 14.3 Å². The number of carbonyl (C=O) groups is 2. The van der Waals surface area contributed by atoms with Crippen molar-refractivity contribution in [3.8, 4) is 0 Å². The third-order valence-corrected chi connectivity index (χ3v) is 2.65. The predicted molar refractivity (Wildman–Crippen MR) is 58.4 cm³/mol. The molecule has 1 aliphatic rings. The predicted octanol–water partition coefficient (Wildman–Crippen LogP) is -1.01. The number of rotatable bonds is 2. The Balaban J connectivity index is 2.20. The molecule has 2 amide bonds. The molecule has 2 N–H and O–H groups in total. The van der Waals surface area contributed by atoms with Gasteiger partial charge in [0.15, 0.2) is 5.69 Å². The number of aryl methyl sites for hydroxylation is 1. The van der Waals surface area contributed by atoms with Gasteiger partial charge < -0.3 is 15.4 Å². The number of carbonyl (C=O) groups excluding carboxylic acids is 2. The van der Waals surface area contributed by atoms with E-state index in [9.17, 15) is 9.59 Å². The third kappa shape index (κ3) is 2.28. The Morgan fingerprint density at radius 2 is 2.06 bits per heavy atom. The SMILES string of the molecule is Cn1nc(C(N)=O)cc1C(=O)N1CCOCC1. The summed E-state index contributed by atoms with van der Waals surface area (Å²) >= 11 is 0. The van der Waals surface area contributed by atoms with Gasteiger partial charge in [-0.2, -0.15) is 5.10 Å². The van der Waals surface area contributed by atoms with Gasteiger partial charge in [-0.05, 0) is 0 Å². The van der Waals surface area contributed by atoms with Gasteiger partial charge in [0.05, 0.1) is 13.2 Å². The molecule has 0 unspecified atom stereocenters. The minimum atomic E-state index is -0.637. The third-order valence-electron chi connectivity index (χ3n) is 2.65. The fourth-order valence-corrected chi connectivity index (χ4v) is 1.72. The Hall–Kier alpha value is -1.89. The average Bonchev–Trinajstić information content (AvgIpc) is 2.72. The number of primary amides is 1. The van der Waals surface area contributed by atoms with Crippen LogP contribution in [0.2, 0.25) is 0 Å². The van der Waals surface area contributed by atoms with Crippen molar-refractivity contribution in [3.05, 3.63) is 17.5 Å². The van der Waals surface area contributed by atoms with Crippen LogP contribution >= 0.6 is 0 Å². The van der Waals surface area contributed by atoms with Crippen molar-refractivity contribution in [2.24, 2.45) is 12.8 Å². The Morgan fingerprint density at radius 1 is 1.41 bits per heavy atom. The maximum Gasteiger partial charge on any atom is 0.272 e. The monoisotopic (exact) mass is 238 g/mol. The van der Waals surface area contributed by atoms with Gasteiger partial charge >= 0.3 is 0 Å². The van der Waals surface area contributed by atoms with E-state index >= 15 is 0 Å². The topological polar surface area (TPSA) is 90.5 Å². The lowest BCUT2D eigenvalue weighted by Gasteiger charge is -2.26. The second-order valence-corrected chi connectivity index (χ2v) is 3.81. The first-order valence-electron chi connectivity index (χ1n) is 5.30. The Morgan fingerprint density at radius 3 is 2.59 bits per heavy atom. The molecule has 0 atom stereocenters. The molecule has 0 spiro atoms. The lowest BCUT2D eigenvalue weighted by Crippen LogP contribution is -2.41. The summed E-state index contributed by atoms with van der Waals surface area (Å²) in [5.41, 5.74) is 5.58. The van der Waals surface area contributed by atoms with Gasteiger partial charge in [0, 0.05) is 26.2 Å². The molecule has 0 aromatic carbocycles. The summed E-state index contributed by atoms with van der Waals surface area (Å²) in [7, 11) is 1.61. The Kier molecular flexibility index (Phi) is 3.10. The minimum Gasteiger partial charge on any atom is -0.378 e. The van der Waals surface area contributed by atoms with Gasteiger partial charge in [-0.15, -0.1) is 0 Å². The highest BCUT2D eigenvalue weighted by Crippen LogP contribution is 2.08. The molecule has 0 saturated carbocycles. The number of hydrogen-bond acceptors (Lipinski definition) is 4. The molecule has 17 heavy (non-hydrogen) atoms. The zero-order valence-corrected chi connectivity index (χ0v) is 9.55. The van der Waals surface area contributed by atoms with Crippen LogP contribution in [-0.4, -0.2) is 52.8 Å². The van der Waals surface area contributed by atoms with Crippen molar-refractivity contribution in [1.82, 2.24) is 14.7 Å².